The van der Waals surface area contributed by atoms with E-state index >= 15 is 0 Å². The van der Waals surface area contributed by atoms with Crippen LogP contribution in [-0.4, -0.2) is 32.3 Å². The van der Waals surface area contributed by atoms with Gasteiger partial charge in [-0.1, -0.05) is 33.8 Å². The Balaban J connectivity index is 1.56. The van der Waals surface area contributed by atoms with E-state index in [-0.39, 0.29) is 29.9 Å². The number of aryl methyl sites for hydroxylation is 1. The lowest BCUT2D eigenvalue weighted by molar-refractivity contribution is -0.113. The Morgan fingerprint density at radius 3 is 2.83 bits per heavy atom. The molecule has 0 spiro atoms. The van der Waals surface area contributed by atoms with Gasteiger partial charge in [0.05, 0.1) is 5.75 Å². The van der Waals surface area contributed by atoms with E-state index in [0.717, 1.165) is 0 Å². The van der Waals surface area contributed by atoms with Crippen molar-refractivity contribution in [1.29, 1.82) is 0 Å². The number of nitrogens with zero attached hydrogens (tertiary/aromatic N) is 3. The summed E-state index contributed by atoms with van der Waals surface area (Å²) in [5.74, 6) is -0.761. The van der Waals surface area contributed by atoms with Gasteiger partial charge in [0.2, 0.25) is 5.91 Å². The number of aromatic nitrogens is 3. The first-order chi connectivity index (χ1) is 13.9. The van der Waals surface area contributed by atoms with E-state index < -0.39 is 0 Å². The third-order valence-electron chi connectivity index (χ3n) is 3.86. The molecule has 0 saturated heterocycles. The van der Waals surface area contributed by atoms with E-state index in [2.05, 4.69) is 36.8 Å². The summed E-state index contributed by atoms with van der Waals surface area (Å²) >= 11 is 4.59. The van der Waals surface area contributed by atoms with Crippen molar-refractivity contribution in [3.63, 3.8) is 0 Å². The first-order valence-corrected chi connectivity index (χ1v) is 10.3. The van der Waals surface area contributed by atoms with Gasteiger partial charge in [-0.2, -0.15) is 0 Å². The van der Waals surface area contributed by atoms with E-state index in [4.69, 9.17) is 0 Å². The maximum atomic E-state index is 13.4. The monoisotopic (exact) mass is 477 g/mol. The Bertz CT molecular complexity index is 1040. The van der Waals surface area contributed by atoms with Gasteiger partial charge in [0.25, 0.3) is 5.91 Å². The molecule has 0 aliphatic heterocycles. The average Bonchev–Trinajstić information content (AvgIpc) is 3.12. The Morgan fingerprint density at radius 2 is 2.07 bits per heavy atom. The maximum Gasteiger partial charge on any atom is 0.251 e. The fourth-order valence-corrected chi connectivity index (χ4v) is 3.50. The fraction of sp³-hybridized carbons (Fsp3) is 0.158. The molecule has 0 saturated carbocycles. The van der Waals surface area contributed by atoms with Gasteiger partial charge in [0.15, 0.2) is 5.16 Å². The van der Waals surface area contributed by atoms with Crippen LogP contribution in [0.2, 0.25) is 0 Å². The maximum absolute atomic E-state index is 13.4. The predicted molar refractivity (Wildman–Crippen MR) is 112 cm³/mol. The van der Waals surface area contributed by atoms with Crippen LogP contribution in [0.15, 0.2) is 58.4 Å². The Morgan fingerprint density at radius 1 is 1.24 bits per heavy atom. The highest BCUT2D eigenvalue weighted by Gasteiger charge is 2.11. The van der Waals surface area contributed by atoms with Crippen LogP contribution in [0.25, 0.3) is 0 Å². The third-order valence-corrected chi connectivity index (χ3v) is 5.67. The van der Waals surface area contributed by atoms with Crippen molar-refractivity contribution in [2.75, 3.05) is 11.1 Å². The molecule has 0 bridgehead atoms. The average molecular weight is 478 g/mol. The highest BCUT2D eigenvalue weighted by molar-refractivity contribution is 9.10. The second-order valence-electron chi connectivity index (χ2n) is 6.06. The van der Waals surface area contributed by atoms with Gasteiger partial charge in [0.1, 0.15) is 12.1 Å². The Labute approximate surface area is 179 Å². The molecule has 7 nitrogen and oxygen atoms in total. The molecule has 150 valence electrons. The van der Waals surface area contributed by atoms with Crippen molar-refractivity contribution < 1.29 is 14.0 Å². The van der Waals surface area contributed by atoms with E-state index in [9.17, 15) is 14.0 Å². The van der Waals surface area contributed by atoms with Crippen LogP contribution in [0, 0.1) is 5.82 Å². The summed E-state index contributed by atoms with van der Waals surface area (Å²) in [6.45, 7) is 0.169. The van der Waals surface area contributed by atoms with Crippen LogP contribution in [-0.2, 0) is 18.4 Å². The first kappa shape index (κ1) is 21.0. The van der Waals surface area contributed by atoms with Crippen LogP contribution in [0.3, 0.4) is 0 Å². The smallest absolute Gasteiger partial charge is 0.251 e. The van der Waals surface area contributed by atoms with Crippen molar-refractivity contribution in [2.45, 2.75) is 11.7 Å². The van der Waals surface area contributed by atoms with Crippen LogP contribution in [0.5, 0.6) is 0 Å². The molecule has 2 aromatic carbocycles. The number of anilines is 1. The van der Waals surface area contributed by atoms with Gasteiger partial charge < -0.3 is 15.2 Å². The van der Waals surface area contributed by atoms with Gasteiger partial charge >= 0.3 is 0 Å². The molecule has 2 amide bonds. The van der Waals surface area contributed by atoms with E-state index in [1.54, 1.807) is 48.3 Å². The number of halogens is 2. The fourth-order valence-electron chi connectivity index (χ4n) is 2.42. The number of rotatable bonds is 7. The summed E-state index contributed by atoms with van der Waals surface area (Å²) in [6.07, 6.45) is 1.56. The van der Waals surface area contributed by atoms with Crippen molar-refractivity contribution in [3.05, 3.63) is 70.2 Å². The summed E-state index contributed by atoms with van der Waals surface area (Å²) in [4.78, 5) is 24.6. The molecule has 3 rings (SSSR count). The summed E-state index contributed by atoms with van der Waals surface area (Å²) < 4.78 is 15.8. The van der Waals surface area contributed by atoms with Gasteiger partial charge in [-0.15, -0.1) is 10.2 Å². The number of thioether (sulfide) groups is 1. The van der Waals surface area contributed by atoms with E-state index in [1.807, 2.05) is 0 Å². The van der Waals surface area contributed by atoms with E-state index in [1.165, 1.54) is 23.9 Å². The third kappa shape index (κ3) is 5.88. The second kappa shape index (κ2) is 9.66. The highest BCUT2D eigenvalue weighted by atomic mass is 79.9. The topological polar surface area (TPSA) is 88.9 Å². The lowest BCUT2D eigenvalue weighted by atomic mass is 10.1. The van der Waals surface area contributed by atoms with Crippen LogP contribution < -0.4 is 10.6 Å². The standard InChI is InChI=1S/C19H17BrFN5O2S/c1-26-11-23-25-19(26)29-10-17(27)24-15-4-2-3-12(8-15)18(28)22-9-13-7-14(21)5-6-16(13)20/h2-8,11H,9-10H2,1H3,(H,22,28)(H,24,27). The summed E-state index contributed by atoms with van der Waals surface area (Å²) in [5, 5.41) is 13.8. The zero-order chi connectivity index (χ0) is 20.8. The quantitative estimate of drug-likeness (QED) is 0.509. The largest absolute Gasteiger partial charge is 0.348 e. The van der Waals surface area contributed by atoms with Crippen LogP contribution in [0.1, 0.15) is 15.9 Å². The highest BCUT2D eigenvalue weighted by Crippen LogP contribution is 2.18. The molecule has 0 unspecified atom stereocenters. The summed E-state index contributed by atoms with van der Waals surface area (Å²) in [5.41, 5.74) is 1.52. The number of carbonyl (C=O) groups is 2. The summed E-state index contributed by atoms with van der Waals surface area (Å²) in [7, 11) is 1.80. The molecule has 0 atom stereocenters. The number of amides is 2. The molecule has 0 aliphatic carbocycles. The van der Waals surface area contributed by atoms with Gasteiger partial charge in [-0.25, -0.2) is 4.39 Å². The number of carbonyl (C=O) groups excluding carboxylic acids is 2. The minimum atomic E-state index is -0.374. The molecule has 1 heterocycles. The second-order valence-corrected chi connectivity index (χ2v) is 7.86. The molecule has 2 N–H and O–H groups in total. The molecule has 3 aromatic rings. The molecule has 29 heavy (non-hydrogen) atoms. The lowest BCUT2D eigenvalue weighted by Crippen LogP contribution is -2.23. The van der Waals surface area contributed by atoms with E-state index in [0.29, 0.717) is 26.4 Å². The minimum Gasteiger partial charge on any atom is -0.348 e. The molecule has 0 fully saturated rings. The normalized spacial score (nSPS) is 10.6. The Kier molecular flexibility index (Phi) is 6.99. The molecular weight excluding hydrogens is 461 g/mol. The summed E-state index contributed by atoms with van der Waals surface area (Å²) in [6, 6.07) is 10.9. The molecule has 10 heteroatoms. The van der Waals surface area contributed by atoms with Crippen molar-refractivity contribution in [2.24, 2.45) is 7.05 Å². The number of hydrogen-bond acceptors (Lipinski definition) is 5. The first-order valence-electron chi connectivity index (χ1n) is 8.51. The molecule has 0 aliphatic rings. The zero-order valence-electron chi connectivity index (χ0n) is 15.4. The van der Waals surface area contributed by atoms with Crippen molar-refractivity contribution >= 4 is 45.2 Å². The SMILES string of the molecule is Cn1cnnc1SCC(=O)Nc1cccc(C(=O)NCc2cc(F)ccc2Br)c1. The molecule has 1 aromatic heterocycles. The van der Waals surface area contributed by atoms with Crippen LogP contribution >= 0.6 is 27.7 Å². The Hall–Kier alpha value is -2.72. The number of benzene rings is 2. The van der Waals surface area contributed by atoms with Gasteiger partial charge in [-0.05, 0) is 42.0 Å². The van der Waals surface area contributed by atoms with Crippen molar-refractivity contribution in [1.82, 2.24) is 20.1 Å². The van der Waals surface area contributed by atoms with Crippen LogP contribution in [0.4, 0.5) is 10.1 Å². The zero-order valence-corrected chi connectivity index (χ0v) is 17.8. The molecule has 0 radical (unpaired) electrons. The minimum absolute atomic E-state index is 0.163. The number of nitrogens with one attached hydrogen (secondary N) is 2. The van der Waals surface area contributed by atoms with Crippen molar-refractivity contribution in [3.8, 4) is 0 Å². The number of hydrogen-bond donors (Lipinski definition) is 2. The molecular formula is C19H17BrFN5O2S. The van der Waals surface area contributed by atoms with Gasteiger partial charge in [-0.3, -0.25) is 9.59 Å². The predicted octanol–water partition coefficient (Wildman–Crippen LogP) is 3.38. The lowest BCUT2D eigenvalue weighted by Gasteiger charge is -2.09. The van der Waals surface area contributed by atoms with Gasteiger partial charge in [0, 0.05) is 29.3 Å².